The van der Waals surface area contributed by atoms with Gasteiger partial charge in [-0.15, -0.1) is 11.1 Å². The van der Waals surface area contributed by atoms with Crippen LogP contribution in [0.1, 0.15) is 82.1 Å². The standard InChI is InChI=1S/2C10H22N2.2CHO.Ru/c2*1-7-10(4,5)12-9(11-6)8(2)3;2*1-2;/h2*8-9H,7H2,1-6H3;2*1H;/q2*-2;2*-1;+6. The van der Waals surface area contributed by atoms with Gasteiger partial charge in [0.1, 0.15) is 0 Å². The van der Waals surface area contributed by atoms with Gasteiger partial charge in [-0.25, -0.2) is 12.3 Å². The number of hydrogen-bond acceptors (Lipinski definition) is 2. The minimum atomic E-state index is 0. The van der Waals surface area contributed by atoms with Gasteiger partial charge in [0.2, 0.25) is 0 Å². The Balaban J connectivity index is -0.000000109. The summed E-state index contributed by atoms with van der Waals surface area (Å²) in [6.45, 7) is 28.1. The molecule has 29 heavy (non-hydrogen) atoms. The zero-order chi connectivity index (χ0) is 23.6. The smallest absolute Gasteiger partial charge is 0.680 e. The summed E-state index contributed by atoms with van der Waals surface area (Å²) in [5.41, 5.74) is 0.156. The number of hydrogen-bond donors (Lipinski definition) is 0. The second-order valence-electron chi connectivity index (χ2n) is 8.42. The molecule has 0 aromatic heterocycles. The van der Waals surface area contributed by atoms with Gasteiger partial charge in [0, 0.05) is 0 Å². The Morgan fingerprint density at radius 3 is 0.966 bits per heavy atom. The van der Waals surface area contributed by atoms with Crippen LogP contribution in [0.3, 0.4) is 0 Å². The van der Waals surface area contributed by atoms with E-state index in [1.807, 2.05) is 14.1 Å². The largest absolute Gasteiger partial charge is 6.00 e. The molecule has 0 heterocycles. The molecule has 0 aliphatic rings. The fourth-order valence-electron chi connectivity index (χ4n) is 1.91. The third-order valence-corrected chi connectivity index (χ3v) is 4.42. The molecule has 0 saturated carbocycles. The first kappa shape index (κ1) is 39.3. The minimum absolute atomic E-state index is 0. The summed E-state index contributed by atoms with van der Waals surface area (Å²) in [5, 5.41) is 17.9. The molecule has 6 nitrogen and oxygen atoms in total. The predicted octanol–water partition coefficient (Wildman–Crippen LogP) is 6.52. The average Bonchev–Trinajstić information content (AvgIpc) is 2.67. The number of carbonyl (C=O) groups excluding carboxylic acids is 2. The summed E-state index contributed by atoms with van der Waals surface area (Å²) in [5.74, 6) is 1.03. The Morgan fingerprint density at radius 1 is 0.655 bits per heavy atom. The van der Waals surface area contributed by atoms with Gasteiger partial charge in [-0.3, -0.25) is 13.6 Å². The summed E-state index contributed by atoms with van der Waals surface area (Å²) in [7, 11) is 3.69. The monoisotopic (exact) mass is 500 g/mol. The van der Waals surface area contributed by atoms with E-state index in [0.717, 1.165) is 12.8 Å². The topological polar surface area (TPSA) is 90.5 Å². The van der Waals surface area contributed by atoms with Gasteiger partial charge in [0.15, 0.2) is 0 Å². The Bertz CT molecular complexity index is 309. The van der Waals surface area contributed by atoms with Crippen molar-refractivity contribution in [3.8, 4) is 0 Å². The van der Waals surface area contributed by atoms with Crippen LogP contribution in [0.4, 0.5) is 0 Å². The zero-order valence-electron chi connectivity index (χ0n) is 20.8. The average molecular weight is 500 g/mol. The van der Waals surface area contributed by atoms with Gasteiger partial charge in [-0.1, -0.05) is 93.9 Å². The molecule has 0 aliphatic carbocycles. The quantitative estimate of drug-likeness (QED) is 0.194. The van der Waals surface area contributed by atoms with Gasteiger partial charge in [-0.2, -0.15) is 14.1 Å². The first-order chi connectivity index (χ1) is 12.9. The molecule has 0 radical (unpaired) electrons. The van der Waals surface area contributed by atoms with E-state index in [9.17, 15) is 0 Å². The van der Waals surface area contributed by atoms with Crippen LogP contribution in [0.15, 0.2) is 0 Å². The molecule has 7 heteroatoms. The summed E-state index contributed by atoms with van der Waals surface area (Å²) in [6.07, 6.45) is 2.48. The van der Waals surface area contributed by atoms with Crippen molar-refractivity contribution in [3.63, 3.8) is 0 Å². The van der Waals surface area contributed by atoms with Gasteiger partial charge in [0.05, 0.1) is 0 Å². The van der Waals surface area contributed by atoms with E-state index in [4.69, 9.17) is 9.59 Å². The van der Waals surface area contributed by atoms with E-state index in [2.05, 4.69) is 104 Å². The van der Waals surface area contributed by atoms with E-state index >= 15 is 0 Å². The van der Waals surface area contributed by atoms with Crippen molar-refractivity contribution in [1.29, 1.82) is 0 Å². The molecule has 0 aromatic rings. The first-order valence-electron chi connectivity index (χ1n) is 9.94. The Kier molecular flexibility index (Phi) is 30.5. The number of nitrogens with zero attached hydrogens (tertiary/aromatic N) is 4. The SMILES string of the molecule is CCC(C)(C)[N-]C([N-]C)C(C)C.CCC(C)(C)[N-]C([N-]C)C(C)C.[CH-]=O.[CH-]=O.[Ru+6]. The van der Waals surface area contributed by atoms with Gasteiger partial charge in [-0.05, 0) is 0 Å². The van der Waals surface area contributed by atoms with Crippen molar-refractivity contribution in [1.82, 2.24) is 0 Å². The summed E-state index contributed by atoms with van der Waals surface area (Å²) >= 11 is 0. The summed E-state index contributed by atoms with van der Waals surface area (Å²) in [6, 6.07) is 0. The van der Waals surface area contributed by atoms with Crippen LogP contribution in [-0.4, -0.2) is 51.1 Å². The van der Waals surface area contributed by atoms with Crippen molar-refractivity contribution in [3.05, 3.63) is 21.3 Å². The molecule has 0 N–H and O–H groups in total. The first-order valence-corrected chi connectivity index (χ1v) is 9.94. The van der Waals surface area contributed by atoms with Crippen LogP contribution < -0.4 is 0 Å². The molecule has 0 bridgehead atoms. The fraction of sp³-hybridized carbons (Fsp3) is 0.909. The van der Waals surface area contributed by atoms with Crippen LogP contribution in [0, 0.1) is 11.8 Å². The van der Waals surface area contributed by atoms with Gasteiger partial charge in [0.25, 0.3) is 0 Å². The van der Waals surface area contributed by atoms with Crippen LogP contribution in [0.25, 0.3) is 21.3 Å². The summed E-state index contributed by atoms with van der Waals surface area (Å²) < 4.78 is 0. The molecule has 0 aromatic carbocycles. The molecular formula is C22H46N4O2Ru. The van der Waals surface area contributed by atoms with E-state index in [1.54, 1.807) is 0 Å². The maximum Gasteiger partial charge on any atom is 6.00 e. The molecule has 0 saturated heterocycles. The predicted molar refractivity (Wildman–Crippen MR) is 125 cm³/mol. The molecule has 174 valence electrons. The Labute approximate surface area is 195 Å². The third-order valence-electron chi connectivity index (χ3n) is 4.42. The third kappa shape index (κ3) is 23.9. The fourth-order valence-corrected chi connectivity index (χ4v) is 1.91. The van der Waals surface area contributed by atoms with E-state index in [-0.39, 0.29) is 42.9 Å². The van der Waals surface area contributed by atoms with Crippen LogP contribution >= 0.6 is 0 Å². The minimum Gasteiger partial charge on any atom is -0.680 e. The molecule has 0 fully saturated rings. The maximum absolute atomic E-state index is 7.75. The Morgan fingerprint density at radius 2 is 0.862 bits per heavy atom. The van der Waals surface area contributed by atoms with Crippen molar-refractivity contribution < 1.29 is 29.1 Å². The number of rotatable bonds is 10. The summed E-state index contributed by atoms with van der Waals surface area (Å²) in [4.78, 5) is 15.5. The van der Waals surface area contributed by atoms with Crippen molar-refractivity contribution >= 4 is 13.6 Å². The van der Waals surface area contributed by atoms with Crippen molar-refractivity contribution in [2.75, 3.05) is 14.1 Å². The molecule has 0 aliphatic heterocycles. The van der Waals surface area contributed by atoms with Crippen LogP contribution in [0.5, 0.6) is 0 Å². The van der Waals surface area contributed by atoms with Crippen molar-refractivity contribution in [2.45, 2.75) is 105 Å². The molecule has 0 amide bonds. The molecular weight excluding hydrogens is 453 g/mol. The maximum atomic E-state index is 7.75. The van der Waals surface area contributed by atoms with E-state index < -0.39 is 0 Å². The van der Waals surface area contributed by atoms with E-state index in [1.165, 1.54) is 0 Å². The molecule has 0 spiro atoms. The van der Waals surface area contributed by atoms with Gasteiger partial charge < -0.3 is 30.9 Å². The Hall–Kier alpha value is -0.197. The van der Waals surface area contributed by atoms with Gasteiger partial charge >= 0.3 is 19.5 Å². The molecule has 2 atom stereocenters. The second kappa shape index (κ2) is 22.5. The van der Waals surface area contributed by atoms with Crippen LogP contribution in [0.2, 0.25) is 0 Å². The van der Waals surface area contributed by atoms with Crippen molar-refractivity contribution in [2.24, 2.45) is 11.8 Å². The van der Waals surface area contributed by atoms with Crippen LogP contribution in [-0.2, 0) is 29.1 Å². The van der Waals surface area contributed by atoms with E-state index in [0.29, 0.717) is 11.8 Å². The molecule has 0 rings (SSSR count). The second-order valence-corrected chi connectivity index (χ2v) is 8.42. The zero-order valence-corrected chi connectivity index (χ0v) is 22.6. The molecule has 2 unspecified atom stereocenters. The normalized spacial score (nSPS) is 12.9.